The van der Waals surface area contributed by atoms with E-state index in [0.717, 1.165) is 17.8 Å². The normalized spacial score (nSPS) is 10.8. The third-order valence-electron chi connectivity index (χ3n) is 3.09. The molecule has 2 N–H and O–H groups in total. The van der Waals surface area contributed by atoms with E-state index < -0.39 is 23.1 Å². The van der Waals surface area contributed by atoms with E-state index in [4.69, 9.17) is 10.5 Å². The molecule has 5 nitrogen and oxygen atoms in total. The number of nitrogens with two attached hydrogens (primary N) is 1. The number of nitrogens with zero attached hydrogens (tertiary/aromatic N) is 2. The van der Waals surface area contributed by atoms with Crippen molar-refractivity contribution < 1.29 is 18.3 Å². The van der Waals surface area contributed by atoms with Crippen LogP contribution in [0.25, 0.3) is 5.65 Å². The first-order chi connectivity index (χ1) is 10.6. The van der Waals surface area contributed by atoms with Gasteiger partial charge in [0.15, 0.2) is 11.6 Å². The van der Waals surface area contributed by atoms with Crippen LogP contribution in [0.15, 0.2) is 42.7 Å². The molecule has 0 bridgehead atoms. The summed E-state index contributed by atoms with van der Waals surface area (Å²) in [5.41, 5.74) is 5.43. The highest BCUT2D eigenvalue weighted by atomic mass is 19.1. The fourth-order valence-corrected chi connectivity index (χ4v) is 2.08. The summed E-state index contributed by atoms with van der Waals surface area (Å²) in [6.07, 6.45) is 3.54. The molecule has 0 aliphatic rings. The molecule has 112 valence electrons. The molecule has 0 fully saturated rings. The Bertz CT molecular complexity index is 828. The van der Waals surface area contributed by atoms with Crippen molar-refractivity contribution in [3.05, 3.63) is 65.6 Å². The number of hydrogen-bond acceptors (Lipinski definition) is 3. The molecule has 22 heavy (non-hydrogen) atoms. The lowest BCUT2D eigenvalue weighted by atomic mass is 10.1. The fraction of sp³-hybridized carbons (Fsp3) is 0.0667. The quantitative estimate of drug-likeness (QED) is 0.804. The molecule has 0 spiro atoms. The summed E-state index contributed by atoms with van der Waals surface area (Å²) in [6, 6.07) is 7.53. The maximum absolute atomic E-state index is 14.0. The third kappa shape index (κ3) is 2.48. The predicted octanol–water partition coefficient (Wildman–Crippen LogP) is 2.29. The van der Waals surface area contributed by atoms with Crippen molar-refractivity contribution in [3.8, 4) is 5.75 Å². The number of ether oxygens (including phenoxy) is 1. The van der Waals surface area contributed by atoms with Gasteiger partial charge in [0, 0.05) is 12.4 Å². The minimum Gasteiger partial charge on any atom is -0.484 e. The Hall–Kier alpha value is -2.96. The zero-order valence-electron chi connectivity index (χ0n) is 11.3. The Balaban J connectivity index is 1.84. The summed E-state index contributed by atoms with van der Waals surface area (Å²) >= 11 is 0. The second-order valence-electron chi connectivity index (χ2n) is 4.59. The average molecular weight is 303 g/mol. The second-order valence-corrected chi connectivity index (χ2v) is 4.59. The summed E-state index contributed by atoms with van der Waals surface area (Å²) in [4.78, 5) is 15.3. The smallest absolute Gasteiger partial charge is 0.254 e. The van der Waals surface area contributed by atoms with E-state index in [1.54, 1.807) is 10.6 Å². The van der Waals surface area contributed by atoms with Crippen LogP contribution in [0.4, 0.5) is 8.78 Å². The predicted molar refractivity (Wildman–Crippen MR) is 74.4 cm³/mol. The molecular weight excluding hydrogens is 292 g/mol. The number of fused-ring (bicyclic) bond motifs is 1. The first-order valence-electron chi connectivity index (χ1n) is 6.39. The molecular formula is C15H11F2N3O2. The van der Waals surface area contributed by atoms with Gasteiger partial charge in [0.1, 0.15) is 23.6 Å². The van der Waals surface area contributed by atoms with Gasteiger partial charge in [0.05, 0.1) is 5.69 Å². The number of pyridine rings is 1. The van der Waals surface area contributed by atoms with Gasteiger partial charge in [-0.2, -0.15) is 0 Å². The zero-order chi connectivity index (χ0) is 15.7. The van der Waals surface area contributed by atoms with Crippen molar-refractivity contribution in [2.24, 2.45) is 5.73 Å². The summed E-state index contributed by atoms with van der Waals surface area (Å²) in [7, 11) is 0. The number of imidazole rings is 1. The SMILES string of the molecule is NC(=O)c1c(F)ccc(OCc2cn3ccccc3n2)c1F. The highest BCUT2D eigenvalue weighted by Crippen LogP contribution is 2.23. The number of aromatic nitrogens is 2. The van der Waals surface area contributed by atoms with E-state index in [2.05, 4.69) is 4.98 Å². The lowest BCUT2D eigenvalue weighted by Crippen LogP contribution is -2.16. The molecule has 3 aromatic rings. The highest BCUT2D eigenvalue weighted by molar-refractivity contribution is 5.93. The molecule has 3 rings (SSSR count). The van der Waals surface area contributed by atoms with Crippen molar-refractivity contribution >= 4 is 11.6 Å². The first-order valence-corrected chi connectivity index (χ1v) is 6.39. The Morgan fingerprint density at radius 2 is 2.09 bits per heavy atom. The minimum absolute atomic E-state index is 0.0254. The molecule has 1 aromatic carbocycles. The van der Waals surface area contributed by atoms with Crippen LogP contribution in [0, 0.1) is 11.6 Å². The summed E-state index contributed by atoms with van der Waals surface area (Å²) in [5, 5.41) is 0. The van der Waals surface area contributed by atoms with Crippen LogP contribution in [0.1, 0.15) is 16.1 Å². The number of halogens is 2. The van der Waals surface area contributed by atoms with Crippen LogP contribution in [-0.2, 0) is 6.61 Å². The lowest BCUT2D eigenvalue weighted by Gasteiger charge is -2.08. The molecule has 0 atom stereocenters. The molecule has 0 unspecified atom stereocenters. The van der Waals surface area contributed by atoms with Gasteiger partial charge in [-0.1, -0.05) is 6.07 Å². The molecule has 7 heteroatoms. The average Bonchev–Trinajstić information content (AvgIpc) is 2.89. The summed E-state index contributed by atoms with van der Waals surface area (Å²) in [5.74, 6) is -3.58. The van der Waals surface area contributed by atoms with E-state index in [0.29, 0.717) is 5.69 Å². The van der Waals surface area contributed by atoms with Crippen LogP contribution in [0.2, 0.25) is 0 Å². The van der Waals surface area contributed by atoms with Crippen molar-refractivity contribution in [2.45, 2.75) is 6.61 Å². The van der Waals surface area contributed by atoms with E-state index in [1.165, 1.54) is 0 Å². The minimum atomic E-state index is -1.19. The molecule has 2 aromatic heterocycles. The first kappa shape index (κ1) is 14.0. The Morgan fingerprint density at radius 3 is 2.82 bits per heavy atom. The van der Waals surface area contributed by atoms with Gasteiger partial charge in [0.25, 0.3) is 5.91 Å². The number of carbonyl (C=O) groups is 1. The molecule has 0 aliphatic carbocycles. The monoisotopic (exact) mass is 303 g/mol. The molecule has 2 heterocycles. The van der Waals surface area contributed by atoms with Gasteiger partial charge in [-0.3, -0.25) is 4.79 Å². The van der Waals surface area contributed by atoms with Crippen LogP contribution < -0.4 is 10.5 Å². The van der Waals surface area contributed by atoms with E-state index in [1.807, 2.05) is 24.4 Å². The zero-order valence-corrected chi connectivity index (χ0v) is 11.3. The lowest BCUT2D eigenvalue weighted by molar-refractivity contribution is 0.0991. The summed E-state index contributed by atoms with van der Waals surface area (Å²) in [6.45, 7) is -0.0254. The number of carbonyl (C=O) groups excluding carboxylic acids is 1. The van der Waals surface area contributed by atoms with Crippen LogP contribution in [-0.4, -0.2) is 15.3 Å². The Labute approximate surface area is 124 Å². The fourth-order valence-electron chi connectivity index (χ4n) is 2.08. The van der Waals surface area contributed by atoms with Crippen molar-refractivity contribution in [1.82, 2.24) is 9.38 Å². The number of benzene rings is 1. The van der Waals surface area contributed by atoms with Crippen molar-refractivity contribution in [3.63, 3.8) is 0 Å². The number of rotatable bonds is 4. The number of hydrogen-bond donors (Lipinski definition) is 1. The Morgan fingerprint density at radius 1 is 1.27 bits per heavy atom. The van der Waals surface area contributed by atoms with E-state index >= 15 is 0 Å². The van der Waals surface area contributed by atoms with Crippen LogP contribution in [0.5, 0.6) is 5.75 Å². The van der Waals surface area contributed by atoms with Crippen LogP contribution >= 0.6 is 0 Å². The largest absolute Gasteiger partial charge is 0.484 e. The van der Waals surface area contributed by atoms with Gasteiger partial charge >= 0.3 is 0 Å². The maximum atomic E-state index is 14.0. The maximum Gasteiger partial charge on any atom is 0.254 e. The molecule has 0 radical (unpaired) electrons. The number of amides is 1. The Kier molecular flexibility index (Phi) is 3.46. The number of primary amides is 1. The molecule has 0 saturated heterocycles. The van der Waals surface area contributed by atoms with E-state index in [-0.39, 0.29) is 12.4 Å². The molecule has 0 saturated carbocycles. The highest BCUT2D eigenvalue weighted by Gasteiger charge is 2.19. The standard InChI is InChI=1S/C15H11F2N3O2/c16-10-4-5-11(14(17)13(10)15(18)21)22-8-9-7-20-6-2-1-3-12(20)19-9/h1-7H,8H2,(H2,18,21). The molecule has 0 aliphatic heterocycles. The van der Waals surface area contributed by atoms with Crippen LogP contribution in [0.3, 0.4) is 0 Å². The van der Waals surface area contributed by atoms with Crippen molar-refractivity contribution in [1.29, 1.82) is 0 Å². The van der Waals surface area contributed by atoms with Gasteiger partial charge in [0.2, 0.25) is 0 Å². The summed E-state index contributed by atoms with van der Waals surface area (Å²) < 4.78 is 34.4. The second kappa shape index (κ2) is 5.44. The van der Waals surface area contributed by atoms with Gasteiger partial charge in [-0.25, -0.2) is 13.8 Å². The third-order valence-corrected chi connectivity index (χ3v) is 3.09. The van der Waals surface area contributed by atoms with Gasteiger partial charge in [-0.15, -0.1) is 0 Å². The van der Waals surface area contributed by atoms with Gasteiger partial charge in [-0.05, 0) is 24.3 Å². The molecule has 1 amide bonds. The van der Waals surface area contributed by atoms with E-state index in [9.17, 15) is 13.6 Å². The van der Waals surface area contributed by atoms with Crippen molar-refractivity contribution in [2.75, 3.05) is 0 Å². The topological polar surface area (TPSA) is 69.6 Å². The van der Waals surface area contributed by atoms with Gasteiger partial charge < -0.3 is 14.9 Å².